The first-order valence-corrected chi connectivity index (χ1v) is 7.66. The average Bonchev–Trinajstić information content (AvgIpc) is 2.40. The van der Waals surface area contributed by atoms with E-state index in [9.17, 15) is 4.79 Å². The Balaban J connectivity index is 0.00000180. The molecule has 19 heavy (non-hydrogen) atoms. The van der Waals surface area contributed by atoms with Gasteiger partial charge in [-0.05, 0) is 43.8 Å². The van der Waals surface area contributed by atoms with E-state index in [1.165, 1.54) is 0 Å². The minimum Gasteiger partial charge on any atom is -0.348 e. The zero-order valence-corrected chi connectivity index (χ0v) is 13.1. The molecule has 1 aliphatic rings. The summed E-state index contributed by atoms with van der Waals surface area (Å²) >= 11 is 7.68. The molecule has 1 unspecified atom stereocenters. The molecule has 1 saturated heterocycles. The molecule has 2 rings (SSSR count). The molecule has 1 aromatic carbocycles. The molecule has 106 valence electrons. The van der Waals surface area contributed by atoms with Gasteiger partial charge in [-0.15, -0.1) is 24.2 Å². The molecule has 2 N–H and O–H groups in total. The van der Waals surface area contributed by atoms with Gasteiger partial charge in [0.05, 0.1) is 10.6 Å². The zero-order chi connectivity index (χ0) is 13.0. The number of carbonyl (C=O) groups is 1. The van der Waals surface area contributed by atoms with Crippen molar-refractivity contribution < 1.29 is 4.79 Å². The first-order valence-electron chi connectivity index (χ1n) is 6.06. The molecule has 1 aliphatic heterocycles. The van der Waals surface area contributed by atoms with Crippen LogP contribution in [0.25, 0.3) is 0 Å². The minimum absolute atomic E-state index is 0. The van der Waals surface area contributed by atoms with Gasteiger partial charge in [-0.3, -0.25) is 4.79 Å². The molecule has 3 nitrogen and oxygen atoms in total. The lowest BCUT2D eigenvalue weighted by Crippen LogP contribution is -2.45. The number of hydrogen-bond donors (Lipinski definition) is 2. The summed E-state index contributed by atoms with van der Waals surface area (Å²) in [6.45, 7) is 1.88. The molecule has 1 fully saturated rings. The quantitative estimate of drug-likeness (QED) is 0.841. The second kappa shape index (κ2) is 8.00. The highest BCUT2D eigenvalue weighted by Crippen LogP contribution is 2.23. The highest BCUT2D eigenvalue weighted by molar-refractivity contribution is 7.98. The van der Waals surface area contributed by atoms with E-state index in [4.69, 9.17) is 11.6 Å². The molecule has 6 heteroatoms. The Kier molecular flexibility index (Phi) is 7.00. The zero-order valence-electron chi connectivity index (χ0n) is 10.7. The summed E-state index contributed by atoms with van der Waals surface area (Å²) in [5.74, 6) is -0.0791. The maximum atomic E-state index is 12.2. The molecular formula is C13H18Cl2N2OS. The van der Waals surface area contributed by atoms with E-state index in [0.29, 0.717) is 10.6 Å². The minimum atomic E-state index is -0.0791. The van der Waals surface area contributed by atoms with E-state index in [1.807, 2.05) is 18.4 Å². The van der Waals surface area contributed by atoms with Crippen LogP contribution < -0.4 is 10.6 Å². The molecule has 0 spiro atoms. The molecule has 0 bridgehead atoms. The maximum Gasteiger partial charge on any atom is 0.253 e. The lowest BCUT2D eigenvalue weighted by Gasteiger charge is -2.24. The summed E-state index contributed by atoms with van der Waals surface area (Å²) in [5, 5.41) is 6.82. The Hall–Kier alpha value is -0.420. The van der Waals surface area contributed by atoms with E-state index in [2.05, 4.69) is 10.6 Å². The average molecular weight is 321 g/mol. The van der Waals surface area contributed by atoms with Crippen molar-refractivity contribution in [2.75, 3.05) is 19.3 Å². The van der Waals surface area contributed by atoms with Crippen molar-refractivity contribution >= 4 is 41.7 Å². The molecule has 0 radical (unpaired) electrons. The summed E-state index contributed by atoms with van der Waals surface area (Å²) in [5.41, 5.74) is 0.564. The van der Waals surface area contributed by atoms with Crippen molar-refractivity contribution in [1.82, 2.24) is 10.6 Å². The maximum absolute atomic E-state index is 12.2. The number of carbonyl (C=O) groups excluding carboxylic acids is 1. The van der Waals surface area contributed by atoms with Crippen molar-refractivity contribution in [2.24, 2.45) is 0 Å². The van der Waals surface area contributed by atoms with Crippen LogP contribution in [0.1, 0.15) is 23.2 Å². The van der Waals surface area contributed by atoms with Gasteiger partial charge in [-0.2, -0.15) is 0 Å². The van der Waals surface area contributed by atoms with Crippen LogP contribution in [0.3, 0.4) is 0 Å². The molecule has 1 atom stereocenters. The molecule has 1 heterocycles. The Labute approximate surface area is 129 Å². The number of nitrogens with one attached hydrogen (secondary N) is 2. The van der Waals surface area contributed by atoms with Gasteiger partial charge < -0.3 is 10.6 Å². The highest BCUT2D eigenvalue weighted by Gasteiger charge is 2.18. The van der Waals surface area contributed by atoms with Crippen LogP contribution >= 0.6 is 35.8 Å². The van der Waals surface area contributed by atoms with Gasteiger partial charge in [0.15, 0.2) is 0 Å². The van der Waals surface area contributed by atoms with Gasteiger partial charge in [-0.1, -0.05) is 11.6 Å². The Bertz CT molecular complexity index is 437. The van der Waals surface area contributed by atoms with Crippen molar-refractivity contribution in [3.05, 3.63) is 28.8 Å². The van der Waals surface area contributed by atoms with Crippen LogP contribution in [0.4, 0.5) is 0 Å². The topological polar surface area (TPSA) is 41.1 Å². The smallest absolute Gasteiger partial charge is 0.253 e. The van der Waals surface area contributed by atoms with Crippen LogP contribution in [-0.2, 0) is 0 Å². The van der Waals surface area contributed by atoms with Gasteiger partial charge in [0, 0.05) is 17.5 Å². The van der Waals surface area contributed by atoms with E-state index < -0.39 is 0 Å². The Morgan fingerprint density at radius 1 is 1.53 bits per heavy atom. The van der Waals surface area contributed by atoms with Gasteiger partial charge in [0.1, 0.15) is 0 Å². The van der Waals surface area contributed by atoms with Crippen molar-refractivity contribution in [3.63, 3.8) is 0 Å². The fraction of sp³-hybridized carbons (Fsp3) is 0.462. The van der Waals surface area contributed by atoms with Crippen LogP contribution in [0.5, 0.6) is 0 Å². The number of piperidine rings is 1. The normalized spacial score (nSPS) is 18.5. The summed E-state index contributed by atoms with van der Waals surface area (Å²) in [6.07, 6.45) is 4.11. The number of benzene rings is 1. The second-order valence-corrected chi connectivity index (χ2v) is 5.65. The standard InChI is InChI=1S/C13H17ClN2OS.ClH/c1-18-10-4-5-12(14)11(7-10)13(17)16-9-3-2-6-15-8-9;/h4-5,7,9,15H,2-3,6,8H2,1H3,(H,16,17);1H. The number of hydrogen-bond acceptors (Lipinski definition) is 3. The molecule has 0 saturated carbocycles. The Morgan fingerprint density at radius 2 is 2.32 bits per heavy atom. The number of halogens is 2. The van der Waals surface area contributed by atoms with Crippen molar-refractivity contribution in [1.29, 1.82) is 0 Å². The van der Waals surface area contributed by atoms with Crippen molar-refractivity contribution in [2.45, 2.75) is 23.8 Å². The first kappa shape index (κ1) is 16.6. The number of thioether (sulfide) groups is 1. The summed E-state index contributed by atoms with van der Waals surface area (Å²) in [4.78, 5) is 13.2. The molecule has 0 aromatic heterocycles. The molecule has 1 amide bonds. The number of rotatable bonds is 3. The molecule has 0 aliphatic carbocycles. The number of amides is 1. The van der Waals surface area contributed by atoms with Gasteiger partial charge >= 0.3 is 0 Å². The monoisotopic (exact) mass is 320 g/mol. The van der Waals surface area contributed by atoms with Crippen LogP contribution in [0.2, 0.25) is 5.02 Å². The van der Waals surface area contributed by atoms with E-state index in [1.54, 1.807) is 17.8 Å². The lowest BCUT2D eigenvalue weighted by atomic mass is 10.1. The SMILES string of the molecule is CSc1ccc(Cl)c(C(=O)NC2CCCNC2)c1.Cl. The third-order valence-electron chi connectivity index (χ3n) is 3.05. The predicted octanol–water partition coefficient (Wildman–Crippen LogP) is 2.97. The summed E-state index contributed by atoms with van der Waals surface area (Å²) < 4.78 is 0. The predicted molar refractivity (Wildman–Crippen MR) is 83.8 cm³/mol. The molecule has 1 aromatic rings. The first-order chi connectivity index (χ1) is 8.70. The third-order valence-corrected chi connectivity index (χ3v) is 4.11. The third kappa shape index (κ3) is 4.56. The van der Waals surface area contributed by atoms with E-state index in [0.717, 1.165) is 30.8 Å². The van der Waals surface area contributed by atoms with Crippen LogP contribution in [0.15, 0.2) is 23.1 Å². The van der Waals surface area contributed by atoms with E-state index >= 15 is 0 Å². The van der Waals surface area contributed by atoms with Crippen molar-refractivity contribution in [3.8, 4) is 0 Å². The van der Waals surface area contributed by atoms with Gasteiger partial charge in [0.2, 0.25) is 0 Å². The summed E-state index contributed by atoms with van der Waals surface area (Å²) in [7, 11) is 0. The van der Waals surface area contributed by atoms with E-state index in [-0.39, 0.29) is 24.4 Å². The van der Waals surface area contributed by atoms with Gasteiger partial charge in [0.25, 0.3) is 5.91 Å². The lowest BCUT2D eigenvalue weighted by molar-refractivity contribution is 0.0930. The fourth-order valence-electron chi connectivity index (χ4n) is 2.04. The van der Waals surface area contributed by atoms with Crippen LogP contribution in [-0.4, -0.2) is 31.3 Å². The second-order valence-electron chi connectivity index (χ2n) is 4.36. The van der Waals surface area contributed by atoms with Crippen LogP contribution in [0, 0.1) is 0 Å². The summed E-state index contributed by atoms with van der Waals surface area (Å²) in [6, 6.07) is 5.76. The largest absolute Gasteiger partial charge is 0.348 e. The highest BCUT2D eigenvalue weighted by atomic mass is 35.5. The van der Waals surface area contributed by atoms with Gasteiger partial charge in [-0.25, -0.2) is 0 Å². The fourth-order valence-corrected chi connectivity index (χ4v) is 2.69. The molecular weight excluding hydrogens is 303 g/mol. The Morgan fingerprint density at radius 3 is 2.95 bits per heavy atom.